The summed E-state index contributed by atoms with van der Waals surface area (Å²) in [7, 11) is 1.67. The van der Waals surface area contributed by atoms with E-state index in [1.807, 2.05) is 12.1 Å². The summed E-state index contributed by atoms with van der Waals surface area (Å²) in [4.78, 5) is 11.7. The summed E-state index contributed by atoms with van der Waals surface area (Å²) in [6.45, 7) is 4.16. The predicted molar refractivity (Wildman–Crippen MR) is 147 cm³/mol. The van der Waals surface area contributed by atoms with Gasteiger partial charge < -0.3 is 16.2 Å². The number of hydrogen-bond acceptors (Lipinski definition) is 7. The molecule has 5 aromatic rings. The van der Waals surface area contributed by atoms with E-state index in [0.29, 0.717) is 10.3 Å². The lowest BCUT2D eigenvalue weighted by atomic mass is 9.90. The average molecular weight is 499 g/mol. The number of benzene rings is 3. The number of aryl methyl sites for hydroxylation is 2. The molecule has 0 spiro atoms. The number of ether oxygens (including phenoxy) is 1. The van der Waals surface area contributed by atoms with Crippen molar-refractivity contribution in [1.29, 1.82) is 0 Å². The molecule has 0 atom stereocenters. The number of nitrogens with two attached hydrogens (primary N) is 2. The highest BCUT2D eigenvalue weighted by Crippen LogP contribution is 2.47. The molecule has 0 unspecified atom stereocenters. The Balaban J connectivity index is 1.74. The topological polar surface area (TPSA) is 87.0 Å². The van der Waals surface area contributed by atoms with Crippen LogP contribution in [0.15, 0.2) is 72.8 Å². The maximum absolute atomic E-state index is 6.31. The second-order valence-corrected chi connectivity index (χ2v) is 10.6. The first-order valence-electron chi connectivity index (χ1n) is 11.2. The van der Waals surface area contributed by atoms with Crippen LogP contribution in [-0.4, -0.2) is 17.1 Å². The van der Waals surface area contributed by atoms with Gasteiger partial charge in [0.1, 0.15) is 5.75 Å². The lowest BCUT2D eigenvalue weighted by Crippen LogP contribution is -2.03. The highest BCUT2D eigenvalue weighted by molar-refractivity contribution is 7.17. The van der Waals surface area contributed by atoms with Gasteiger partial charge >= 0.3 is 0 Å². The zero-order valence-corrected chi connectivity index (χ0v) is 21.4. The number of anilines is 2. The zero-order valence-electron chi connectivity index (χ0n) is 19.8. The largest absolute Gasteiger partial charge is 0.497 e. The molecule has 0 fully saturated rings. The second kappa shape index (κ2) is 9.52. The molecule has 176 valence electrons. The summed E-state index contributed by atoms with van der Waals surface area (Å²) >= 11 is 3.02. The lowest BCUT2D eigenvalue weighted by molar-refractivity contribution is 0.414. The Morgan fingerprint density at radius 3 is 1.49 bits per heavy atom. The Kier molecular flexibility index (Phi) is 6.28. The summed E-state index contributed by atoms with van der Waals surface area (Å²) < 4.78 is 5.42. The van der Waals surface area contributed by atoms with Gasteiger partial charge in [0, 0.05) is 20.9 Å². The van der Waals surface area contributed by atoms with Gasteiger partial charge in [0.15, 0.2) is 10.3 Å². The Labute approximate surface area is 213 Å². The van der Waals surface area contributed by atoms with Gasteiger partial charge in [0.2, 0.25) is 0 Å². The van der Waals surface area contributed by atoms with Gasteiger partial charge in [-0.25, -0.2) is 9.97 Å². The van der Waals surface area contributed by atoms with Crippen LogP contribution in [0.25, 0.3) is 22.5 Å². The van der Waals surface area contributed by atoms with Crippen molar-refractivity contribution in [3.63, 3.8) is 0 Å². The van der Waals surface area contributed by atoms with Gasteiger partial charge in [0.05, 0.1) is 24.4 Å². The number of aromatic nitrogens is 2. The molecule has 2 heterocycles. The number of nitrogens with zero attached hydrogens (tertiary/aromatic N) is 2. The standard InChI is InChI=1S/C28H26N4OS2/c1-16-4-8-19(9-5-16)23-25(34-27(29)31-23)22(18-12-14-21(33-3)15-13-18)26-24(32-28(30)35-26)20-10-6-17(2)7-11-20/h4-15,22H,1-3H3,(H2,29,31)(H2,30,32). The highest BCUT2D eigenvalue weighted by Gasteiger charge is 2.29. The van der Waals surface area contributed by atoms with E-state index in [-0.39, 0.29) is 5.92 Å². The van der Waals surface area contributed by atoms with Crippen molar-refractivity contribution >= 4 is 32.9 Å². The lowest BCUT2D eigenvalue weighted by Gasteiger charge is -2.18. The Hall–Kier alpha value is -3.68. The zero-order chi connectivity index (χ0) is 24.5. The maximum Gasteiger partial charge on any atom is 0.180 e. The van der Waals surface area contributed by atoms with Crippen LogP contribution in [0.2, 0.25) is 0 Å². The first kappa shape index (κ1) is 23.1. The molecule has 0 saturated heterocycles. The van der Waals surface area contributed by atoms with Crippen LogP contribution < -0.4 is 16.2 Å². The van der Waals surface area contributed by atoms with Crippen LogP contribution in [0.3, 0.4) is 0 Å². The molecule has 0 saturated carbocycles. The molecular formula is C28H26N4OS2. The summed E-state index contributed by atoms with van der Waals surface area (Å²) in [6.07, 6.45) is 0. The number of nitrogen functional groups attached to an aromatic ring is 2. The monoisotopic (exact) mass is 498 g/mol. The fourth-order valence-corrected chi connectivity index (χ4v) is 6.21. The van der Waals surface area contributed by atoms with E-state index in [9.17, 15) is 0 Å². The summed E-state index contributed by atoms with van der Waals surface area (Å²) in [5.41, 5.74) is 19.9. The van der Waals surface area contributed by atoms with Crippen molar-refractivity contribution in [2.75, 3.05) is 18.6 Å². The van der Waals surface area contributed by atoms with Crippen molar-refractivity contribution in [3.8, 4) is 28.3 Å². The fraction of sp³-hybridized carbons (Fsp3) is 0.143. The predicted octanol–water partition coefficient (Wildman–Crippen LogP) is 6.90. The van der Waals surface area contributed by atoms with Gasteiger partial charge in [-0.05, 0) is 31.5 Å². The summed E-state index contributed by atoms with van der Waals surface area (Å²) in [6, 6.07) is 24.9. The van der Waals surface area contributed by atoms with E-state index in [1.165, 1.54) is 33.8 Å². The van der Waals surface area contributed by atoms with Crippen molar-refractivity contribution in [2.45, 2.75) is 19.8 Å². The first-order valence-corrected chi connectivity index (χ1v) is 12.9. The molecule has 35 heavy (non-hydrogen) atoms. The molecule has 5 nitrogen and oxygen atoms in total. The Morgan fingerprint density at radius 1 is 0.657 bits per heavy atom. The number of rotatable bonds is 6. The van der Waals surface area contributed by atoms with Crippen molar-refractivity contribution in [3.05, 3.63) is 99.2 Å². The quantitative estimate of drug-likeness (QED) is 0.266. The van der Waals surface area contributed by atoms with Crippen LogP contribution in [0.1, 0.15) is 32.4 Å². The number of thiazole rings is 2. The molecule has 5 rings (SSSR count). The second-order valence-electron chi connectivity index (χ2n) is 8.47. The Bertz CT molecular complexity index is 1360. The molecule has 0 aliphatic heterocycles. The summed E-state index contributed by atoms with van der Waals surface area (Å²) in [5.74, 6) is 0.663. The third-order valence-electron chi connectivity index (χ3n) is 5.96. The molecule has 2 aromatic heterocycles. The minimum absolute atomic E-state index is 0.141. The fourth-order valence-electron chi connectivity index (χ4n) is 4.14. The van der Waals surface area contributed by atoms with Gasteiger partial charge in [-0.2, -0.15) is 0 Å². The van der Waals surface area contributed by atoms with Gasteiger partial charge in [-0.3, -0.25) is 0 Å². The molecule has 0 radical (unpaired) electrons. The van der Waals surface area contributed by atoms with Crippen LogP contribution >= 0.6 is 22.7 Å². The molecule has 7 heteroatoms. The molecule has 4 N–H and O–H groups in total. The van der Waals surface area contributed by atoms with Crippen molar-refractivity contribution in [1.82, 2.24) is 9.97 Å². The Morgan fingerprint density at radius 2 is 1.09 bits per heavy atom. The van der Waals surface area contributed by atoms with E-state index in [2.05, 4.69) is 74.5 Å². The minimum atomic E-state index is -0.141. The molecule has 0 amide bonds. The molecule has 0 bridgehead atoms. The smallest absolute Gasteiger partial charge is 0.180 e. The van der Waals surface area contributed by atoms with E-state index in [4.69, 9.17) is 26.2 Å². The van der Waals surface area contributed by atoms with Crippen LogP contribution in [-0.2, 0) is 0 Å². The van der Waals surface area contributed by atoms with Crippen molar-refractivity contribution < 1.29 is 4.74 Å². The molecule has 0 aliphatic rings. The van der Waals surface area contributed by atoms with Gasteiger partial charge in [-0.15, -0.1) is 22.7 Å². The molecular weight excluding hydrogens is 472 g/mol. The van der Waals surface area contributed by atoms with Crippen LogP contribution in [0.4, 0.5) is 10.3 Å². The van der Waals surface area contributed by atoms with Crippen LogP contribution in [0, 0.1) is 13.8 Å². The normalized spacial score (nSPS) is 11.2. The van der Waals surface area contributed by atoms with Gasteiger partial charge in [-0.1, -0.05) is 71.8 Å². The summed E-state index contributed by atoms with van der Waals surface area (Å²) in [5, 5.41) is 1.06. The van der Waals surface area contributed by atoms with E-state index in [1.54, 1.807) is 7.11 Å². The SMILES string of the molecule is COc1ccc(C(c2sc(N)nc2-c2ccc(C)cc2)c2sc(N)nc2-c2ccc(C)cc2)cc1. The molecule has 3 aromatic carbocycles. The van der Waals surface area contributed by atoms with E-state index < -0.39 is 0 Å². The first-order chi connectivity index (χ1) is 16.9. The number of hydrogen-bond donors (Lipinski definition) is 2. The minimum Gasteiger partial charge on any atom is -0.497 e. The van der Waals surface area contributed by atoms with Crippen LogP contribution in [0.5, 0.6) is 5.75 Å². The molecule has 0 aliphatic carbocycles. The van der Waals surface area contributed by atoms with E-state index in [0.717, 1.165) is 43.6 Å². The third-order valence-corrected chi connectivity index (χ3v) is 7.86. The average Bonchev–Trinajstić information content (AvgIpc) is 3.43. The maximum atomic E-state index is 6.31. The third kappa shape index (κ3) is 4.65. The van der Waals surface area contributed by atoms with E-state index >= 15 is 0 Å². The number of methoxy groups -OCH3 is 1. The van der Waals surface area contributed by atoms with Crippen molar-refractivity contribution in [2.24, 2.45) is 0 Å². The highest BCUT2D eigenvalue weighted by atomic mass is 32.1. The van der Waals surface area contributed by atoms with Gasteiger partial charge in [0.25, 0.3) is 0 Å².